The molecule has 0 saturated heterocycles. The lowest BCUT2D eigenvalue weighted by Crippen LogP contribution is -2.28. The van der Waals surface area contributed by atoms with Crippen LogP contribution in [0, 0.1) is 5.92 Å². The molecular weight excluding hydrogens is 392 g/mol. The number of hydrogen-bond donors (Lipinski definition) is 1. The van der Waals surface area contributed by atoms with Crippen LogP contribution in [0.15, 0.2) is 53.4 Å². The molecule has 0 radical (unpaired) electrons. The topological polar surface area (TPSA) is 92.8 Å². The zero-order chi connectivity index (χ0) is 21.0. The zero-order valence-corrected chi connectivity index (χ0v) is 17.2. The predicted octanol–water partition coefficient (Wildman–Crippen LogP) is 2.43. The largest absolute Gasteiger partial charge is 0.465 e. The van der Waals surface area contributed by atoms with Gasteiger partial charge >= 0.3 is 5.97 Å². The normalized spacial score (nSPS) is 13.7. The van der Waals surface area contributed by atoms with E-state index in [4.69, 9.17) is 0 Å². The lowest BCUT2D eigenvalue weighted by atomic mass is 10.1. The summed E-state index contributed by atoms with van der Waals surface area (Å²) in [6.45, 7) is 0.749. The summed E-state index contributed by atoms with van der Waals surface area (Å²) in [7, 11) is -0.676. The Morgan fingerprint density at radius 3 is 2.41 bits per heavy atom. The molecule has 0 unspecified atom stereocenters. The average molecular weight is 416 g/mol. The SMILES string of the molecule is COC(=O)c1ccc(CN(C)C(=O)c2cccc(S(=O)(=O)NCC3CC3)c2)cc1. The van der Waals surface area contributed by atoms with Gasteiger partial charge in [-0.05, 0) is 54.7 Å². The summed E-state index contributed by atoms with van der Waals surface area (Å²) < 4.78 is 32.1. The van der Waals surface area contributed by atoms with E-state index < -0.39 is 16.0 Å². The van der Waals surface area contributed by atoms with Crippen LogP contribution in [0.1, 0.15) is 39.1 Å². The van der Waals surface area contributed by atoms with Crippen LogP contribution in [0.5, 0.6) is 0 Å². The van der Waals surface area contributed by atoms with Gasteiger partial charge in [0.15, 0.2) is 0 Å². The molecule has 7 nitrogen and oxygen atoms in total. The molecule has 0 bridgehead atoms. The van der Waals surface area contributed by atoms with E-state index in [2.05, 4.69) is 9.46 Å². The van der Waals surface area contributed by atoms with Crippen LogP contribution in [0.2, 0.25) is 0 Å². The number of esters is 1. The van der Waals surface area contributed by atoms with Gasteiger partial charge in [0.25, 0.3) is 5.91 Å². The summed E-state index contributed by atoms with van der Waals surface area (Å²) in [5, 5.41) is 0. The Balaban J connectivity index is 1.68. The first-order chi connectivity index (χ1) is 13.8. The molecule has 0 heterocycles. The molecule has 1 saturated carbocycles. The van der Waals surface area contributed by atoms with Gasteiger partial charge in [0.2, 0.25) is 10.0 Å². The maximum Gasteiger partial charge on any atom is 0.337 e. The number of nitrogens with zero attached hydrogens (tertiary/aromatic N) is 1. The van der Waals surface area contributed by atoms with Crippen molar-refractivity contribution in [1.82, 2.24) is 9.62 Å². The highest BCUT2D eigenvalue weighted by Gasteiger charge is 2.25. The van der Waals surface area contributed by atoms with Crippen molar-refractivity contribution < 1.29 is 22.7 Å². The summed E-state index contributed by atoms with van der Waals surface area (Å²) in [6.07, 6.45) is 2.10. The highest BCUT2D eigenvalue weighted by molar-refractivity contribution is 7.89. The minimum absolute atomic E-state index is 0.0832. The second-order valence-electron chi connectivity index (χ2n) is 7.17. The van der Waals surface area contributed by atoms with Crippen LogP contribution in [0.25, 0.3) is 0 Å². The predicted molar refractivity (Wildman–Crippen MR) is 108 cm³/mol. The van der Waals surface area contributed by atoms with Gasteiger partial charge in [-0.25, -0.2) is 17.9 Å². The Morgan fingerprint density at radius 1 is 1.10 bits per heavy atom. The second kappa shape index (κ2) is 8.75. The zero-order valence-electron chi connectivity index (χ0n) is 16.4. The van der Waals surface area contributed by atoms with Crippen LogP contribution in [0.3, 0.4) is 0 Å². The Morgan fingerprint density at radius 2 is 1.79 bits per heavy atom. The summed E-state index contributed by atoms with van der Waals surface area (Å²) in [5.41, 5.74) is 1.57. The molecular formula is C21H24N2O5S. The number of carbonyl (C=O) groups is 2. The van der Waals surface area contributed by atoms with Crippen LogP contribution in [-0.2, 0) is 21.3 Å². The number of carbonyl (C=O) groups excluding carboxylic acids is 2. The maximum absolute atomic E-state index is 12.8. The molecule has 1 aliphatic carbocycles. The molecule has 0 aliphatic heterocycles. The lowest BCUT2D eigenvalue weighted by Gasteiger charge is -2.18. The van der Waals surface area contributed by atoms with Crippen molar-refractivity contribution in [3.8, 4) is 0 Å². The number of ether oxygens (including phenoxy) is 1. The fourth-order valence-electron chi connectivity index (χ4n) is 2.86. The molecule has 2 aromatic rings. The average Bonchev–Trinajstić information content (AvgIpc) is 3.56. The lowest BCUT2D eigenvalue weighted by molar-refractivity contribution is 0.0600. The van der Waals surface area contributed by atoms with Gasteiger partial charge in [0.05, 0.1) is 17.6 Å². The van der Waals surface area contributed by atoms with Gasteiger partial charge < -0.3 is 9.64 Å². The molecule has 1 N–H and O–H groups in total. The maximum atomic E-state index is 12.8. The molecule has 1 fully saturated rings. The smallest absolute Gasteiger partial charge is 0.337 e. The number of methoxy groups -OCH3 is 1. The van der Waals surface area contributed by atoms with Gasteiger partial charge in [-0.15, -0.1) is 0 Å². The first-order valence-electron chi connectivity index (χ1n) is 9.32. The van der Waals surface area contributed by atoms with E-state index in [1.165, 1.54) is 24.1 Å². The first kappa shape index (κ1) is 21.0. The Bertz CT molecular complexity index is 998. The van der Waals surface area contributed by atoms with E-state index in [0.29, 0.717) is 30.1 Å². The highest BCUT2D eigenvalue weighted by atomic mass is 32.2. The minimum atomic E-state index is -3.64. The fourth-order valence-corrected chi connectivity index (χ4v) is 4.02. The van der Waals surface area contributed by atoms with E-state index in [1.807, 2.05) is 0 Å². The molecule has 0 spiro atoms. The van der Waals surface area contributed by atoms with Crippen molar-refractivity contribution >= 4 is 21.9 Å². The third kappa shape index (κ3) is 5.42. The highest BCUT2D eigenvalue weighted by Crippen LogP contribution is 2.28. The van der Waals surface area contributed by atoms with Crippen LogP contribution >= 0.6 is 0 Å². The van der Waals surface area contributed by atoms with E-state index in [1.54, 1.807) is 43.4 Å². The summed E-state index contributed by atoms with van der Waals surface area (Å²) in [6, 6.07) is 12.8. The summed E-state index contributed by atoms with van der Waals surface area (Å²) >= 11 is 0. The number of amides is 1. The molecule has 3 rings (SSSR count). The van der Waals surface area contributed by atoms with Crippen molar-refractivity contribution in [1.29, 1.82) is 0 Å². The molecule has 154 valence electrons. The third-order valence-electron chi connectivity index (χ3n) is 4.79. The van der Waals surface area contributed by atoms with Crippen molar-refractivity contribution in [2.45, 2.75) is 24.3 Å². The van der Waals surface area contributed by atoms with Gasteiger partial charge in [0.1, 0.15) is 0 Å². The van der Waals surface area contributed by atoms with Crippen molar-refractivity contribution in [2.24, 2.45) is 5.92 Å². The van der Waals surface area contributed by atoms with Gasteiger partial charge in [0, 0.05) is 25.7 Å². The second-order valence-corrected chi connectivity index (χ2v) is 8.94. The van der Waals surface area contributed by atoms with Crippen LogP contribution < -0.4 is 4.72 Å². The molecule has 1 aliphatic rings. The van der Waals surface area contributed by atoms with E-state index in [9.17, 15) is 18.0 Å². The quantitative estimate of drug-likeness (QED) is 0.667. The number of rotatable bonds is 8. The van der Waals surface area contributed by atoms with Gasteiger partial charge in [-0.1, -0.05) is 18.2 Å². The molecule has 0 aromatic heterocycles. The van der Waals surface area contributed by atoms with E-state index in [-0.39, 0.29) is 10.8 Å². The molecule has 1 amide bonds. The third-order valence-corrected chi connectivity index (χ3v) is 6.21. The molecule has 2 aromatic carbocycles. The standard InChI is InChI=1S/C21H24N2O5S/c1-23(14-16-8-10-17(11-9-16)21(25)28-2)20(24)18-4-3-5-19(12-18)29(26,27)22-13-15-6-7-15/h3-5,8-12,15,22H,6-7,13-14H2,1-2H3. The number of nitrogens with one attached hydrogen (secondary N) is 1. The first-order valence-corrected chi connectivity index (χ1v) is 10.8. The van der Waals surface area contributed by atoms with Gasteiger partial charge in [-0.2, -0.15) is 0 Å². The van der Waals surface area contributed by atoms with Gasteiger partial charge in [-0.3, -0.25) is 4.79 Å². The summed E-state index contributed by atoms with van der Waals surface area (Å²) in [4.78, 5) is 25.8. The van der Waals surface area contributed by atoms with E-state index >= 15 is 0 Å². The summed E-state index contributed by atoms with van der Waals surface area (Å²) in [5.74, 6) is -0.290. The van der Waals surface area contributed by atoms with Crippen molar-refractivity contribution in [2.75, 3.05) is 20.7 Å². The van der Waals surface area contributed by atoms with Crippen molar-refractivity contribution in [3.05, 3.63) is 65.2 Å². The molecule has 0 atom stereocenters. The molecule has 29 heavy (non-hydrogen) atoms. The monoisotopic (exact) mass is 416 g/mol. The Hall–Kier alpha value is -2.71. The number of benzene rings is 2. The van der Waals surface area contributed by atoms with E-state index in [0.717, 1.165) is 18.4 Å². The Labute approximate surface area is 170 Å². The number of hydrogen-bond acceptors (Lipinski definition) is 5. The molecule has 8 heteroatoms. The number of sulfonamides is 1. The minimum Gasteiger partial charge on any atom is -0.465 e. The van der Waals surface area contributed by atoms with Crippen LogP contribution in [0.4, 0.5) is 0 Å². The van der Waals surface area contributed by atoms with Crippen LogP contribution in [-0.4, -0.2) is 45.9 Å². The van der Waals surface area contributed by atoms with Crippen molar-refractivity contribution in [3.63, 3.8) is 0 Å². The fraction of sp³-hybridized carbons (Fsp3) is 0.333. The Kier molecular flexibility index (Phi) is 6.34.